The molecular formula is C22H20Cl2N4O. The Hall–Kier alpha value is -2.56. The Labute approximate surface area is 179 Å². The van der Waals surface area contributed by atoms with Crippen LogP contribution in [0.1, 0.15) is 17.2 Å². The molecule has 1 aromatic heterocycles. The molecular weight excluding hydrogens is 407 g/mol. The first-order chi connectivity index (χ1) is 14.2. The highest BCUT2D eigenvalue weighted by Gasteiger charge is 2.28. The number of benzene rings is 2. The molecule has 1 fully saturated rings. The maximum absolute atomic E-state index is 11.5. The van der Waals surface area contributed by atoms with Crippen molar-refractivity contribution in [2.24, 2.45) is 0 Å². The highest BCUT2D eigenvalue weighted by molar-refractivity contribution is 6.30. The van der Waals surface area contributed by atoms with Crippen molar-refractivity contribution in [3.8, 4) is 0 Å². The van der Waals surface area contributed by atoms with Crippen LogP contribution < -0.4 is 0 Å². The molecule has 3 aromatic rings. The summed E-state index contributed by atoms with van der Waals surface area (Å²) in [6.45, 7) is 3.01. The van der Waals surface area contributed by atoms with Crippen molar-refractivity contribution in [3.63, 3.8) is 0 Å². The number of halogens is 2. The van der Waals surface area contributed by atoms with E-state index >= 15 is 0 Å². The second-order valence-corrected chi connectivity index (χ2v) is 7.78. The number of carbonyl (C=O) groups excluding carboxylic acids is 1. The molecule has 2 aromatic carbocycles. The molecule has 0 radical (unpaired) electrons. The topological polar surface area (TPSA) is 41.4 Å². The minimum atomic E-state index is 0.0834. The standard InChI is InChI=1S/C22H20Cl2N4O/c23-19-6-2-17(3-7-19)22(18-4-8-20(24)9-5-18)27-14-12-26(13-15-27)21(16-29)28-11-1-10-25-28/h1-11,22H,12-15H2. The van der Waals surface area contributed by atoms with E-state index in [0.717, 1.165) is 13.1 Å². The van der Waals surface area contributed by atoms with Gasteiger partial charge in [-0.25, -0.2) is 9.48 Å². The lowest BCUT2D eigenvalue weighted by molar-refractivity contribution is 0.141. The van der Waals surface area contributed by atoms with E-state index in [2.05, 4.69) is 34.3 Å². The predicted octanol–water partition coefficient (Wildman–Crippen LogP) is 4.23. The number of hydrogen-bond acceptors (Lipinski definition) is 4. The van der Waals surface area contributed by atoms with E-state index in [1.807, 2.05) is 35.1 Å². The maximum atomic E-state index is 11.5. The summed E-state index contributed by atoms with van der Waals surface area (Å²) in [5.74, 6) is 2.49. The second-order valence-electron chi connectivity index (χ2n) is 6.90. The van der Waals surface area contributed by atoms with Crippen LogP contribution in [0.25, 0.3) is 5.82 Å². The highest BCUT2D eigenvalue weighted by atomic mass is 35.5. The van der Waals surface area contributed by atoms with Gasteiger partial charge in [0.1, 0.15) is 0 Å². The van der Waals surface area contributed by atoms with Gasteiger partial charge in [-0.15, -0.1) is 0 Å². The Morgan fingerprint density at radius 1 is 0.897 bits per heavy atom. The molecule has 2 heterocycles. The zero-order valence-electron chi connectivity index (χ0n) is 15.7. The molecule has 1 aliphatic rings. The Bertz CT molecular complexity index is 943. The van der Waals surface area contributed by atoms with E-state index in [4.69, 9.17) is 23.2 Å². The number of piperazine rings is 1. The first-order valence-corrected chi connectivity index (χ1v) is 10.2. The molecule has 0 saturated carbocycles. The van der Waals surface area contributed by atoms with Crippen LogP contribution in [0.5, 0.6) is 0 Å². The van der Waals surface area contributed by atoms with Crippen LogP contribution in [0.3, 0.4) is 0 Å². The molecule has 4 rings (SSSR count). The molecule has 29 heavy (non-hydrogen) atoms. The third kappa shape index (κ3) is 4.39. The van der Waals surface area contributed by atoms with Crippen LogP contribution in [-0.2, 0) is 4.79 Å². The minimum absolute atomic E-state index is 0.0834. The summed E-state index contributed by atoms with van der Waals surface area (Å²) in [7, 11) is 0. The number of aromatic nitrogens is 2. The van der Waals surface area contributed by atoms with E-state index in [-0.39, 0.29) is 6.04 Å². The average molecular weight is 427 g/mol. The van der Waals surface area contributed by atoms with Crippen molar-refractivity contribution in [3.05, 3.63) is 88.2 Å². The quantitative estimate of drug-likeness (QED) is 0.572. The molecule has 0 amide bonds. The van der Waals surface area contributed by atoms with Crippen LogP contribution in [0, 0.1) is 0 Å². The van der Waals surface area contributed by atoms with Crippen LogP contribution in [-0.4, -0.2) is 51.7 Å². The minimum Gasteiger partial charge on any atom is -0.345 e. The van der Waals surface area contributed by atoms with Crippen molar-refractivity contribution in [1.29, 1.82) is 0 Å². The fourth-order valence-corrected chi connectivity index (χ4v) is 4.00. The Balaban J connectivity index is 1.57. The molecule has 148 valence electrons. The van der Waals surface area contributed by atoms with Gasteiger partial charge in [0.15, 0.2) is 5.94 Å². The summed E-state index contributed by atoms with van der Waals surface area (Å²) in [5, 5.41) is 5.60. The molecule has 5 nitrogen and oxygen atoms in total. The molecule has 0 unspecified atom stereocenters. The number of nitrogens with zero attached hydrogens (tertiary/aromatic N) is 4. The van der Waals surface area contributed by atoms with Gasteiger partial charge in [-0.05, 0) is 41.5 Å². The van der Waals surface area contributed by atoms with Crippen molar-refractivity contribution in [2.45, 2.75) is 6.04 Å². The average Bonchev–Trinajstić information content (AvgIpc) is 3.27. The normalized spacial score (nSPS) is 14.8. The molecule has 1 aliphatic heterocycles. The smallest absolute Gasteiger partial charge is 0.216 e. The second kappa shape index (κ2) is 8.85. The van der Waals surface area contributed by atoms with E-state index in [9.17, 15) is 4.79 Å². The van der Waals surface area contributed by atoms with Crippen molar-refractivity contribution >= 4 is 35.0 Å². The van der Waals surface area contributed by atoms with E-state index in [1.165, 1.54) is 11.1 Å². The highest BCUT2D eigenvalue weighted by Crippen LogP contribution is 2.31. The first kappa shape index (κ1) is 19.7. The largest absolute Gasteiger partial charge is 0.345 e. The SMILES string of the molecule is O=C=C(N1CCN(C(c2ccc(Cl)cc2)c2ccc(Cl)cc2)CC1)n1cccn1. The number of rotatable bonds is 5. The molecule has 0 bridgehead atoms. The van der Waals surface area contributed by atoms with Crippen LogP contribution in [0.15, 0.2) is 67.0 Å². The van der Waals surface area contributed by atoms with E-state index in [0.29, 0.717) is 29.0 Å². The zero-order valence-corrected chi connectivity index (χ0v) is 17.2. The van der Waals surface area contributed by atoms with Crippen molar-refractivity contribution < 1.29 is 4.79 Å². The van der Waals surface area contributed by atoms with Gasteiger partial charge >= 0.3 is 0 Å². The summed E-state index contributed by atoms with van der Waals surface area (Å²) in [5.41, 5.74) is 2.34. The molecule has 1 saturated heterocycles. The Morgan fingerprint density at radius 2 is 1.45 bits per heavy atom. The van der Waals surface area contributed by atoms with Crippen LogP contribution >= 0.6 is 23.2 Å². The monoisotopic (exact) mass is 426 g/mol. The Kier molecular flexibility index (Phi) is 6.02. The fraction of sp³-hybridized carbons (Fsp3) is 0.227. The lowest BCUT2D eigenvalue weighted by Crippen LogP contribution is -2.47. The summed E-state index contributed by atoms with van der Waals surface area (Å²) in [6.07, 6.45) is 3.42. The lowest BCUT2D eigenvalue weighted by Gasteiger charge is -2.40. The molecule has 0 atom stereocenters. The Morgan fingerprint density at radius 3 is 1.90 bits per heavy atom. The van der Waals surface area contributed by atoms with Gasteiger partial charge in [0.05, 0.1) is 6.04 Å². The predicted molar refractivity (Wildman–Crippen MR) is 116 cm³/mol. The summed E-state index contributed by atoms with van der Waals surface area (Å²) < 4.78 is 1.57. The maximum Gasteiger partial charge on any atom is 0.216 e. The van der Waals surface area contributed by atoms with Gasteiger partial charge < -0.3 is 4.90 Å². The van der Waals surface area contributed by atoms with Gasteiger partial charge in [-0.1, -0.05) is 47.5 Å². The summed E-state index contributed by atoms with van der Waals surface area (Å²) in [6, 6.07) is 17.8. The summed E-state index contributed by atoms with van der Waals surface area (Å²) >= 11 is 12.2. The molecule has 0 N–H and O–H groups in total. The van der Waals surface area contributed by atoms with E-state index in [1.54, 1.807) is 23.1 Å². The van der Waals surface area contributed by atoms with Crippen molar-refractivity contribution in [1.82, 2.24) is 19.6 Å². The van der Waals surface area contributed by atoms with Gasteiger partial charge in [0, 0.05) is 48.6 Å². The zero-order chi connectivity index (χ0) is 20.2. The lowest BCUT2D eigenvalue weighted by atomic mass is 9.96. The van der Waals surface area contributed by atoms with Crippen LogP contribution in [0.2, 0.25) is 10.0 Å². The fourth-order valence-electron chi connectivity index (χ4n) is 3.75. The van der Waals surface area contributed by atoms with E-state index < -0.39 is 0 Å². The number of hydrogen-bond donors (Lipinski definition) is 0. The third-order valence-electron chi connectivity index (χ3n) is 5.16. The van der Waals surface area contributed by atoms with Gasteiger partial charge in [-0.3, -0.25) is 4.90 Å². The molecule has 7 heteroatoms. The molecule has 0 spiro atoms. The van der Waals surface area contributed by atoms with Crippen molar-refractivity contribution in [2.75, 3.05) is 26.2 Å². The first-order valence-electron chi connectivity index (χ1n) is 9.41. The summed E-state index contributed by atoms with van der Waals surface area (Å²) in [4.78, 5) is 16.0. The van der Waals surface area contributed by atoms with Gasteiger partial charge in [-0.2, -0.15) is 5.10 Å². The van der Waals surface area contributed by atoms with Gasteiger partial charge in [0.25, 0.3) is 0 Å². The molecule has 0 aliphatic carbocycles. The van der Waals surface area contributed by atoms with Gasteiger partial charge in [0.2, 0.25) is 5.82 Å². The third-order valence-corrected chi connectivity index (χ3v) is 5.67. The van der Waals surface area contributed by atoms with Crippen LogP contribution in [0.4, 0.5) is 0 Å².